The maximum atomic E-state index is 12.0. The third-order valence-corrected chi connectivity index (χ3v) is 3.34. The monoisotopic (exact) mass is 211 g/mol. The van der Waals surface area contributed by atoms with Crippen LogP contribution < -0.4 is 5.73 Å². The highest BCUT2D eigenvalue weighted by Crippen LogP contribution is 2.31. The van der Waals surface area contributed by atoms with Crippen LogP contribution in [0, 0.1) is 0 Å². The van der Waals surface area contributed by atoms with Crippen LogP contribution in [0.3, 0.4) is 0 Å². The van der Waals surface area contributed by atoms with Crippen LogP contribution in [0.4, 0.5) is 0 Å². The molecule has 15 heavy (non-hydrogen) atoms. The van der Waals surface area contributed by atoms with E-state index in [9.17, 15) is 4.79 Å². The van der Waals surface area contributed by atoms with Crippen LogP contribution in [0.1, 0.15) is 26.2 Å². The van der Waals surface area contributed by atoms with Crippen molar-refractivity contribution in [3.63, 3.8) is 0 Å². The third kappa shape index (κ3) is 2.32. The van der Waals surface area contributed by atoms with Gasteiger partial charge in [0.15, 0.2) is 0 Å². The molecule has 2 rings (SSSR count). The SMILES string of the molecule is C[C@H](N)C(=O)N(C1CC1)[C@H]1CCN(C)C1. The summed E-state index contributed by atoms with van der Waals surface area (Å²) in [4.78, 5) is 16.4. The van der Waals surface area contributed by atoms with E-state index in [2.05, 4.69) is 16.8 Å². The van der Waals surface area contributed by atoms with Crippen molar-refractivity contribution in [2.24, 2.45) is 5.73 Å². The zero-order valence-electron chi connectivity index (χ0n) is 9.65. The molecule has 4 heteroatoms. The van der Waals surface area contributed by atoms with Gasteiger partial charge in [0, 0.05) is 18.6 Å². The van der Waals surface area contributed by atoms with E-state index in [1.54, 1.807) is 6.92 Å². The number of nitrogens with two attached hydrogens (primary N) is 1. The average Bonchev–Trinajstić information content (AvgIpc) is 2.90. The van der Waals surface area contributed by atoms with E-state index in [0.29, 0.717) is 12.1 Å². The first-order valence-electron chi connectivity index (χ1n) is 5.86. The molecule has 0 unspecified atom stereocenters. The number of carbonyl (C=O) groups excluding carboxylic acids is 1. The molecule has 86 valence electrons. The Hall–Kier alpha value is -0.610. The van der Waals surface area contributed by atoms with Gasteiger partial charge in [0.1, 0.15) is 0 Å². The van der Waals surface area contributed by atoms with Crippen LogP contribution in [-0.2, 0) is 4.79 Å². The Morgan fingerprint density at radius 1 is 1.40 bits per heavy atom. The predicted octanol–water partition coefficient (Wildman–Crippen LogP) is 0.0287. The average molecular weight is 211 g/mol. The highest BCUT2D eigenvalue weighted by atomic mass is 16.2. The summed E-state index contributed by atoms with van der Waals surface area (Å²) < 4.78 is 0. The Labute approximate surface area is 91.4 Å². The van der Waals surface area contributed by atoms with Gasteiger partial charge in [0.05, 0.1) is 6.04 Å². The molecular formula is C11H21N3O. The summed E-state index contributed by atoms with van der Waals surface area (Å²) in [5.74, 6) is 0.137. The summed E-state index contributed by atoms with van der Waals surface area (Å²) >= 11 is 0. The molecule has 2 fully saturated rings. The molecule has 0 bridgehead atoms. The molecule has 1 saturated heterocycles. The Morgan fingerprint density at radius 3 is 2.47 bits per heavy atom. The van der Waals surface area contributed by atoms with E-state index in [4.69, 9.17) is 5.73 Å². The van der Waals surface area contributed by atoms with Crippen LogP contribution in [0.15, 0.2) is 0 Å². The number of carbonyl (C=O) groups is 1. The van der Waals surface area contributed by atoms with E-state index >= 15 is 0 Å². The van der Waals surface area contributed by atoms with Crippen LogP contribution in [-0.4, -0.2) is 54.0 Å². The molecule has 2 aliphatic rings. The number of likely N-dealkylation sites (N-methyl/N-ethyl adjacent to an activating group) is 1. The van der Waals surface area contributed by atoms with Crippen molar-refractivity contribution in [1.82, 2.24) is 9.80 Å². The van der Waals surface area contributed by atoms with Gasteiger partial charge in [0.25, 0.3) is 0 Å². The lowest BCUT2D eigenvalue weighted by molar-refractivity contribution is -0.135. The molecular weight excluding hydrogens is 190 g/mol. The van der Waals surface area contributed by atoms with Crippen molar-refractivity contribution in [2.45, 2.75) is 44.3 Å². The molecule has 0 aromatic carbocycles. The van der Waals surface area contributed by atoms with Crippen molar-refractivity contribution < 1.29 is 4.79 Å². The summed E-state index contributed by atoms with van der Waals surface area (Å²) in [6.07, 6.45) is 3.43. The van der Waals surface area contributed by atoms with E-state index in [-0.39, 0.29) is 11.9 Å². The lowest BCUT2D eigenvalue weighted by Crippen LogP contribution is -2.49. The first-order valence-corrected chi connectivity index (χ1v) is 5.86. The number of likely N-dealkylation sites (tertiary alicyclic amines) is 1. The minimum atomic E-state index is -0.350. The van der Waals surface area contributed by atoms with Crippen molar-refractivity contribution in [2.75, 3.05) is 20.1 Å². The van der Waals surface area contributed by atoms with Gasteiger partial charge in [-0.25, -0.2) is 0 Å². The Balaban J connectivity index is 2.03. The molecule has 2 atom stereocenters. The third-order valence-electron chi connectivity index (χ3n) is 3.34. The molecule has 0 aromatic heterocycles. The molecule has 0 aromatic rings. The molecule has 0 spiro atoms. The number of hydrogen-bond acceptors (Lipinski definition) is 3. The molecule has 4 nitrogen and oxygen atoms in total. The summed E-state index contributed by atoms with van der Waals surface area (Å²) in [5.41, 5.74) is 5.70. The topological polar surface area (TPSA) is 49.6 Å². The van der Waals surface area contributed by atoms with Crippen LogP contribution in [0.25, 0.3) is 0 Å². The minimum absolute atomic E-state index is 0.137. The molecule has 0 radical (unpaired) electrons. The highest BCUT2D eigenvalue weighted by molar-refractivity contribution is 5.82. The van der Waals surface area contributed by atoms with Crippen LogP contribution in [0.2, 0.25) is 0 Å². The molecule has 1 saturated carbocycles. The van der Waals surface area contributed by atoms with Gasteiger partial charge in [-0.15, -0.1) is 0 Å². The smallest absolute Gasteiger partial charge is 0.239 e. The van der Waals surface area contributed by atoms with Crippen molar-refractivity contribution >= 4 is 5.91 Å². The second kappa shape index (κ2) is 4.10. The first kappa shape index (κ1) is 10.9. The molecule has 1 aliphatic heterocycles. The van der Waals surface area contributed by atoms with Gasteiger partial charge in [-0.3, -0.25) is 4.79 Å². The van der Waals surface area contributed by atoms with Gasteiger partial charge < -0.3 is 15.5 Å². The molecule has 1 amide bonds. The number of rotatable bonds is 3. The zero-order valence-corrected chi connectivity index (χ0v) is 9.65. The minimum Gasteiger partial charge on any atom is -0.334 e. The Kier molecular flexibility index (Phi) is 2.98. The van der Waals surface area contributed by atoms with Gasteiger partial charge in [-0.1, -0.05) is 0 Å². The van der Waals surface area contributed by atoms with Crippen molar-refractivity contribution in [3.8, 4) is 0 Å². The number of amides is 1. The quantitative estimate of drug-likeness (QED) is 0.716. The number of hydrogen-bond donors (Lipinski definition) is 1. The summed E-state index contributed by atoms with van der Waals surface area (Å²) in [7, 11) is 2.11. The van der Waals surface area contributed by atoms with Gasteiger partial charge in [0.2, 0.25) is 5.91 Å². The fourth-order valence-electron chi connectivity index (χ4n) is 2.38. The van der Waals surface area contributed by atoms with Gasteiger partial charge >= 0.3 is 0 Å². The fraction of sp³-hybridized carbons (Fsp3) is 0.909. The van der Waals surface area contributed by atoms with Crippen LogP contribution >= 0.6 is 0 Å². The second-order valence-electron chi connectivity index (χ2n) is 4.97. The molecule has 1 aliphatic carbocycles. The fourth-order valence-corrected chi connectivity index (χ4v) is 2.38. The lowest BCUT2D eigenvalue weighted by atomic mass is 10.2. The highest BCUT2D eigenvalue weighted by Gasteiger charge is 2.40. The largest absolute Gasteiger partial charge is 0.334 e. The molecule has 1 heterocycles. The number of nitrogens with zero attached hydrogens (tertiary/aromatic N) is 2. The first-order chi connectivity index (χ1) is 7.09. The second-order valence-corrected chi connectivity index (χ2v) is 4.97. The van der Waals surface area contributed by atoms with Gasteiger partial charge in [-0.05, 0) is 39.8 Å². The maximum absolute atomic E-state index is 12.0. The zero-order chi connectivity index (χ0) is 11.0. The summed E-state index contributed by atoms with van der Waals surface area (Å²) in [6, 6.07) is 0.539. The van der Waals surface area contributed by atoms with Crippen LogP contribution in [0.5, 0.6) is 0 Å². The maximum Gasteiger partial charge on any atom is 0.239 e. The normalized spacial score (nSPS) is 29.1. The Morgan fingerprint density at radius 2 is 2.07 bits per heavy atom. The molecule has 2 N–H and O–H groups in total. The Bertz CT molecular complexity index is 250. The summed E-state index contributed by atoms with van der Waals surface area (Å²) in [6.45, 7) is 3.89. The predicted molar refractivity (Wildman–Crippen MR) is 59.4 cm³/mol. The summed E-state index contributed by atoms with van der Waals surface area (Å²) in [5, 5.41) is 0. The standard InChI is InChI=1S/C11H21N3O/c1-8(12)11(15)14(9-3-4-9)10-5-6-13(2)7-10/h8-10H,3-7,12H2,1-2H3/t8-,10-/m0/s1. The lowest BCUT2D eigenvalue weighted by Gasteiger charge is -2.30. The van der Waals surface area contributed by atoms with Gasteiger partial charge in [-0.2, -0.15) is 0 Å². The van der Waals surface area contributed by atoms with Crippen molar-refractivity contribution in [3.05, 3.63) is 0 Å². The van der Waals surface area contributed by atoms with E-state index in [0.717, 1.165) is 19.5 Å². The van der Waals surface area contributed by atoms with Crippen molar-refractivity contribution in [1.29, 1.82) is 0 Å². The van der Waals surface area contributed by atoms with E-state index in [1.165, 1.54) is 12.8 Å². The van der Waals surface area contributed by atoms with E-state index < -0.39 is 0 Å². The van der Waals surface area contributed by atoms with E-state index in [1.807, 2.05) is 0 Å².